The van der Waals surface area contributed by atoms with E-state index < -0.39 is 6.04 Å². The van der Waals surface area contributed by atoms with Crippen LogP contribution in [0.25, 0.3) is 0 Å². The fourth-order valence-corrected chi connectivity index (χ4v) is 3.57. The summed E-state index contributed by atoms with van der Waals surface area (Å²) in [6.07, 6.45) is 3.44. The van der Waals surface area contributed by atoms with E-state index in [0.29, 0.717) is 16.3 Å². The molecule has 1 amide bonds. The van der Waals surface area contributed by atoms with E-state index in [0.717, 1.165) is 3.79 Å². The van der Waals surface area contributed by atoms with Gasteiger partial charge in [-0.1, -0.05) is 12.1 Å². The van der Waals surface area contributed by atoms with Gasteiger partial charge >= 0.3 is 0 Å². The third kappa shape index (κ3) is 3.51. The summed E-state index contributed by atoms with van der Waals surface area (Å²) < 4.78 is 16.3. The fraction of sp³-hybridized carbons (Fsp3) is 0.125. The summed E-state index contributed by atoms with van der Waals surface area (Å²) in [7, 11) is 1.84. The molecule has 23 heavy (non-hydrogen) atoms. The van der Waals surface area contributed by atoms with Crippen LogP contribution in [0.5, 0.6) is 0 Å². The maximum Gasteiger partial charge on any atom is 0.262 e. The highest BCUT2D eigenvalue weighted by atomic mass is 79.9. The molecule has 3 aromatic rings. The highest BCUT2D eigenvalue weighted by Gasteiger charge is 2.22. The maximum absolute atomic E-state index is 13.6. The lowest BCUT2D eigenvalue weighted by molar-refractivity contribution is 0.0945. The number of imidazole rings is 1. The summed E-state index contributed by atoms with van der Waals surface area (Å²) in [5.74, 6) is 0.0624. The highest BCUT2D eigenvalue weighted by molar-refractivity contribution is 9.11. The number of hydrogen-bond donors (Lipinski definition) is 1. The van der Waals surface area contributed by atoms with Gasteiger partial charge in [-0.05, 0) is 45.8 Å². The van der Waals surface area contributed by atoms with E-state index in [-0.39, 0.29) is 11.7 Å². The zero-order valence-corrected chi connectivity index (χ0v) is 14.6. The first-order chi connectivity index (χ1) is 11.0. The van der Waals surface area contributed by atoms with Crippen molar-refractivity contribution in [2.24, 2.45) is 7.05 Å². The predicted molar refractivity (Wildman–Crippen MR) is 90.9 cm³/mol. The largest absolute Gasteiger partial charge is 0.337 e. The van der Waals surface area contributed by atoms with Gasteiger partial charge in [0.2, 0.25) is 0 Å². The van der Waals surface area contributed by atoms with Crippen LogP contribution in [0.3, 0.4) is 0 Å². The van der Waals surface area contributed by atoms with Crippen molar-refractivity contribution < 1.29 is 9.18 Å². The normalized spacial score (nSPS) is 12.1. The molecule has 7 heteroatoms. The fourth-order valence-electron chi connectivity index (χ4n) is 2.28. The first kappa shape index (κ1) is 15.9. The summed E-state index contributed by atoms with van der Waals surface area (Å²) in [4.78, 5) is 17.4. The number of nitrogens with zero attached hydrogens (tertiary/aromatic N) is 2. The number of rotatable bonds is 4. The van der Waals surface area contributed by atoms with Gasteiger partial charge in [-0.25, -0.2) is 9.37 Å². The van der Waals surface area contributed by atoms with Gasteiger partial charge in [0.1, 0.15) is 17.7 Å². The number of carbonyl (C=O) groups is 1. The molecule has 0 fully saturated rings. The van der Waals surface area contributed by atoms with Crippen LogP contribution in [0, 0.1) is 5.82 Å². The Morgan fingerprint density at radius 2 is 2.22 bits per heavy atom. The van der Waals surface area contributed by atoms with Crippen LogP contribution in [0.15, 0.2) is 52.6 Å². The first-order valence-electron chi connectivity index (χ1n) is 6.83. The zero-order valence-electron chi connectivity index (χ0n) is 12.2. The van der Waals surface area contributed by atoms with Crippen LogP contribution in [0.1, 0.15) is 27.1 Å². The second-order valence-electron chi connectivity index (χ2n) is 4.96. The minimum atomic E-state index is -0.529. The van der Waals surface area contributed by atoms with E-state index in [1.54, 1.807) is 35.2 Å². The Balaban J connectivity index is 1.96. The zero-order chi connectivity index (χ0) is 16.4. The average molecular weight is 394 g/mol. The Labute approximate surface area is 145 Å². The van der Waals surface area contributed by atoms with Crippen LogP contribution in [0.2, 0.25) is 0 Å². The number of aromatic nitrogens is 2. The van der Waals surface area contributed by atoms with Crippen molar-refractivity contribution in [1.29, 1.82) is 0 Å². The van der Waals surface area contributed by atoms with Gasteiger partial charge in [-0.2, -0.15) is 0 Å². The quantitative estimate of drug-likeness (QED) is 0.730. The SMILES string of the molecule is Cn1ccnc1C(NC(=O)c1ccc(Br)s1)c1cccc(F)c1. The van der Waals surface area contributed by atoms with E-state index in [9.17, 15) is 9.18 Å². The van der Waals surface area contributed by atoms with Gasteiger partial charge in [-0.3, -0.25) is 4.79 Å². The molecule has 0 radical (unpaired) electrons. The topological polar surface area (TPSA) is 46.9 Å². The van der Waals surface area contributed by atoms with Gasteiger partial charge in [0, 0.05) is 19.4 Å². The number of aryl methyl sites for hydroxylation is 1. The van der Waals surface area contributed by atoms with Crippen molar-refractivity contribution in [3.63, 3.8) is 0 Å². The molecule has 1 unspecified atom stereocenters. The van der Waals surface area contributed by atoms with E-state index >= 15 is 0 Å². The highest BCUT2D eigenvalue weighted by Crippen LogP contribution is 2.25. The molecule has 4 nitrogen and oxygen atoms in total. The number of carbonyl (C=O) groups excluding carboxylic acids is 1. The second-order valence-corrected chi connectivity index (χ2v) is 7.42. The molecule has 0 bridgehead atoms. The van der Waals surface area contributed by atoms with Gasteiger partial charge < -0.3 is 9.88 Å². The average Bonchev–Trinajstić information content (AvgIpc) is 3.13. The Morgan fingerprint density at radius 3 is 2.83 bits per heavy atom. The molecule has 3 rings (SSSR count). The number of benzene rings is 1. The summed E-state index contributed by atoms with van der Waals surface area (Å²) in [5, 5.41) is 2.93. The molecule has 0 aliphatic heterocycles. The molecule has 0 saturated carbocycles. The van der Waals surface area contributed by atoms with Crippen LogP contribution in [-0.2, 0) is 7.05 Å². The number of nitrogens with one attached hydrogen (secondary N) is 1. The minimum absolute atomic E-state index is 0.224. The lowest BCUT2D eigenvalue weighted by Gasteiger charge is -2.19. The lowest BCUT2D eigenvalue weighted by atomic mass is 10.1. The summed E-state index contributed by atoms with van der Waals surface area (Å²) in [6.45, 7) is 0. The van der Waals surface area contributed by atoms with Gasteiger partial charge in [-0.15, -0.1) is 11.3 Å². The molecule has 2 heterocycles. The third-order valence-corrected chi connectivity index (χ3v) is 4.99. The van der Waals surface area contributed by atoms with Gasteiger partial charge in [0.15, 0.2) is 0 Å². The van der Waals surface area contributed by atoms with Crippen molar-refractivity contribution in [3.05, 3.63) is 74.7 Å². The number of halogens is 2. The van der Waals surface area contributed by atoms with Crippen LogP contribution in [0.4, 0.5) is 4.39 Å². The lowest BCUT2D eigenvalue weighted by Crippen LogP contribution is -2.30. The molecule has 1 aromatic carbocycles. The van der Waals surface area contributed by atoms with Crippen LogP contribution < -0.4 is 5.32 Å². The van der Waals surface area contributed by atoms with E-state index in [1.165, 1.54) is 23.5 Å². The Bertz CT molecular complexity index is 845. The van der Waals surface area contributed by atoms with E-state index in [1.807, 2.05) is 13.1 Å². The molecule has 2 aromatic heterocycles. The third-order valence-electron chi connectivity index (χ3n) is 3.37. The van der Waals surface area contributed by atoms with Crippen LogP contribution >= 0.6 is 27.3 Å². The summed E-state index contributed by atoms with van der Waals surface area (Å²) in [5.41, 5.74) is 0.642. The minimum Gasteiger partial charge on any atom is -0.337 e. The second kappa shape index (κ2) is 6.64. The predicted octanol–water partition coefficient (Wildman–Crippen LogP) is 3.90. The number of hydrogen-bond acceptors (Lipinski definition) is 3. The van der Waals surface area contributed by atoms with Gasteiger partial charge in [0.05, 0.1) is 8.66 Å². The molecular formula is C16H13BrFN3OS. The number of thiophene rings is 1. The van der Waals surface area contributed by atoms with Crippen molar-refractivity contribution in [3.8, 4) is 0 Å². The standard InChI is InChI=1S/C16H13BrFN3OS/c1-21-8-7-19-15(21)14(10-3-2-4-11(18)9-10)20-16(22)12-5-6-13(17)23-12/h2-9,14H,1H3,(H,20,22). The molecule has 1 N–H and O–H groups in total. The van der Waals surface area contributed by atoms with Crippen molar-refractivity contribution in [2.45, 2.75) is 6.04 Å². The van der Waals surface area contributed by atoms with Crippen molar-refractivity contribution in [2.75, 3.05) is 0 Å². The Morgan fingerprint density at radius 1 is 1.39 bits per heavy atom. The van der Waals surface area contributed by atoms with E-state index in [2.05, 4.69) is 26.2 Å². The molecular weight excluding hydrogens is 381 g/mol. The summed E-state index contributed by atoms with van der Waals surface area (Å²) >= 11 is 4.68. The monoisotopic (exact) mass is 393 g/mol. The van der Waals surface area contributed by atoms with Gasteiger partial charge in [0.25, 0.3) is 5.91 Å². The molecule has 1 atom stereocenters. The van der Waals surface area contributed by atoms with E-state index in [4.69, 9.17) is 0 Å². The Hall–Kier alpha value is -1.99. The number of amides is 1. The summed E-state index contributed by atoms with van der Waals surface area (Å²) in [6, 6.07) is 9.20. The molecule has 0 saturated heterocycles. The smallest absolute Gasteiger partial charge is 0.262 e. The molecule has 0 spiro atoms. The first-order valence-corrected chi connectivity index (χ1v) is 8.44. The molecule has 0 aliphatic rings. The maximum atomic E-state index is 13.6. The van der Waals surface area contributed by atoms with Crippen LogP contribution in [-0.4, -0.2) is 15.5 Å². The van der Waals surface area contributed by atoms with Crippen molar-refractivity contribution >= 4 is 33.2 Å². The van der Waals surface area contributed by atoms with Crippen molar-refractivity contribution in [1.82, 2.24) is 14.9 Å². The molecule has 118 valence electrons. The Kier molecular flexibility index (Phi) is 4.58. The molecule has 0 aliphatic carbocycles.